The first-order valence-electron chi connectivity index (χ1n) is 6.31. The highest BCUT2D eigenvalue weighted by molar-refractivity contribution is 9.10. The Labute approximate surface area is 124 Å². The average molecular weight is 346 g/mol. The first kappa shape index (κ1) is 15.1. The zero-order valence-electron chi connectivity index (χ0n) is 11.0. The molecule has 1 aliphatic heterocycles. The standard InChI is InChI=1S/C12H16BrN3O4/c1-8(17)4-10-7-20-3-2-15(10)12-11(13)5-9(6-14-12)16(18)19/h5-6,8,10,17H,2-4,7H2,1H3. The summed E-state index contributed by atoms with van der Waals surface area (Å²) in [7, 11) is 0. The molecule has 1 aliphatic rings. The van der Waals surface area contributed by atoms with E-state index in [0.717, 1.165) is 0 Å². The third-order valence-corrected chi connectivity index (χ3v) is 3.71. The molecular weight excluding hydrogens is 330 g/mol. The number of anilines is 1. The Morgan fingerprint density at radius 3 is 3.10 bits per heavy atom. The van der Waals surface area contributed by atoms with Crippen molar-refractivity contribution in [2.45, 2.75) is 25.5 Å². The molecule has 2 unspecified atom stereocenters. The van der Waals surface area contributed by atoms with Crippen LogP contribution in [0.1, 0.15) is 13.3 Å². The predicted octanol–water partition coefficient (Wildman–Crippen LogP) is 1.73. The number of aliphatic hydroxyl groups excluding tert-OH is 1. The first-order chi connectivity index (χ1) is 9.49. The van der Waals surface area contributed by atoms with Crippen LogP contribution in [-0.4, -0.2) is 46.9 Å². The van der Waals surface area contributed by atoms with Gasteiger partial charge in [-0.1, -0.05) is 0 Å². The number of nitrogens with zero attached hydrogens (tertiary/aromatic N) is 3. The molecule has 2 atom stereocenters. The largest absolute Gasteiger partial charge is 0.393 e. The van der Waals surface area contributed by atoms with E-state index in [-0.39, 0.29) is 11.7 Å². The van der Waals surface area contributed by atoms with Crippen molar-refractivity contribution in [2.24, 2.45) is 0 Å². The molecule has 2 heterocycles. The van der Waals surface area contributed by atoms with E-state index in [1.54, 1.807) is 6.92 Å². The smallest absolute Gasteiger partial charge is 0.288 e. The molecule has 1 aromatic heterocycles. The summed E-state index contributed by atoms with van der Waals surface area (Å²) < 4.78 is 6.01. The molecular formula is C12H16BrN3O4. The SMILES string of the molecule is CC(O)CC1COCCN1c1ncc([N+](=O)[O-])cc1Br. The zero-order valence-corrected chi connectivity index (χ0v) is 12.6. The number of aliphatic hydroxyl groups is 1. The van der Waals surface area contributed by atoms with Gasteiger partial charge in [-0.25, -0.2) is 4.98 Å². The van der Waals surface area contributed by atoms with Crippen molar-refractivity contribution in [3.05, 3.63) is 26.9 Å². The van der Waals surface area contributed by atoms with Crippen LogP contribution < -0.4 is 4.90 Å². The maximum atomic E-state index is 10.7. The highest BCUT2D eigenvalue weighted by Gasteiger charge is 2.27. The number of pyridine rings is 1. The number of hydrogen-bond acceptors (Lipinski definition) is 6. The third-order valence-electron chi connectivity index (χ3n) is 3.13. The predicted molar refractivity (Wildman–Crippen MR) is 76.8 cm³/mol. The molecule has 1 N–H and O–H groups in total. The van der Waals surface area contributed by atoms with Gasteiger partial charge in [0, 0.05) is 12.6 Å². The summed E-state index contributed by atoms with van der Waals surface area (Å²) in [6, 6.07) is 1.45. The third kappa shape index (κ3) is 3.44. The first-order valence-corrected chi connectivity index (χ1v) is 7.10. The van der Waals surface area contributed by atoms with Crippen LogP contribution in [0.3, 0.4) is 0 Å². The van der Waals surface area contributed by atoms with Gasteiger partial charge < -0.3 is 14.7 Å². The number of hydrogen-bond donors (Lipinski definition) is 1. The Balaban J connectivity index is 2.25. The summed E-state index contributed by atoms with van der Waals surface area (Å²) in [6.07, 6.45) is 1.36. The second kappa shape index (κ2) is 6.47. The van der Waals surface area contributed by atoms with Crippen LogP contribution in [0.15, 0.2) is 16.7 Å². The monoisotopic (exact) mass is 345 g/mol. The highest BCUT2D eigenvalue weighted by atomic mass is 79.9. The molecule has 1 aromatic rings. The maximum absolute atomic E-state index is 10.7. The van der Waals surface area contributed by atoms with Crippen LogP contribution in [0.5, 0.6) is 0 Å². The lowest BCUT2D eigenvalue weighted by atomic mass is 10.1. The molecule has 7 nitrogen and oxygen atoms in total. The second-order valence-corrected chi connectivity index (χ2v) is 5.62. The van der Waals surface area contributed by atoms with Crippen molar-refractivity contribution >= 4 is 27.4 Å². The molecule has 0 spiro atoms. The fraction of sp³-hybridized carbons (Fsp3) is 0.583. The molecule has 1 fully saturated rings. The summed E-state index contributed by atoms with van der Waals surface area (Å²) in [5.74, 6) is 0.643. The fourth-order valence-electron chi connectivity index (χ4n) is 2.25. The van der Waals surface area contributed by atoms with Crippen LogP contribution in [0, 0.1) is 10.1 Å². The average Bonchev–Trinajstić information content (AvgIpc) is 2.39. The number of morpholine rings is 1. The van der Waals surface area contributed by atoms with E-state index in [2.05, 4.69) is 20.9 Å². The molecule has 0 aromatic carbocycles. The highest BCUT2D eigenvalue weighted by Crippen LogP contribution is 2.30. The quantitative estimate of drug-likeness (QED) is 0.660. The lowest BCUT2D eigenvalue weighted by molar-refractivity contribution is -0.385. The minimum Gasteiger partial charge on any atom is -0.393 e. The Kier molecular flexibility index (Phi) is 4.90. The van der Waals surface area contributed by atoms with Crippen molar-refractivity contribution in [1.82, 2.24) is 4.98 Å². The summed E-state index contributed by atoms with van der Waals surface area (Å²) in [4.78, 5) is 16.4. The molecule has 2 rings (SSSR count). The molecule has 0 saturated carbocycles. The number of ether oxygens (including phenoxy) is 1. The summed E-state index contributed by atoms with van der Waals surface area (Å²) in [5, 5.41) is 20.3. The number of rotatable bonds is 4. The van der Waals surface area contributed by atoms with Gasteiger partial charge >= 0.3 is 0 Å². The molecule has 0 bridgehead atoms. The minimum absolute atomic E-state index is 0.00834. The van der Waals surface area contributed by atoms with Crippen molar-refractivity contribution in [2.75, 3.05) is 24.7 Å². The Morgan fingerprint density at radius 1 is 1.75 bits per heavy atom. The van der Waals surface area contributed by atoms with Gasteiger partial charge in [0.05, 0.1) is 34.8 Å². The van der Waals surface area contributed by atoms with Crippen LogP contribution in [-0.2, 0) is 4.74 Å². The molecule has 20 heavy (non-hydrogen) atoms. The van der Waals surface area contributed by atoms with E-state index >= 15 is 0 Å². The Bertz CT molecular complexity index is 498. The van der Waals surface area contributed by atoms with Gasteiger partial charge in [0.1, 0.15) is 12.0 Å². The molecule has 0 amide bonds. The van der Waals surface area contributed by atoms with E-state index in [1.807, 2.05) is 4.90 Å². The fourth-order valence-corrected chi connectivity index (χ4v) is 2.82. The van der Waals surface area contributed by atoms with Crippen LogP contribution in [0.2, 0.25) is 0 Å². The summed E-state index contributed by atoms with van der Waals surface area (Å²) >= 11 is 3.33. The van der Waals surface area contributed by atoms with E-state index in [0.29, 0.717) is 36.5 Å². The van der Waals surface area contributed by atoms with Crippen molar-refractivity contribution in [1.29, 1.82) is 0 Å². The van der Waals surface area contributed by atoms with Gasteiger partial charge in [-0.15, -0.1) is 0 Å². The Morgan fingerprint density at radius 2 is 2.50 bits per heavy atom. The van der Waals surface area contributed by atoms with Gasteiger partial charge in [-0.3, -0.25) is 10.1 Å². The van der Waals surface area contributed by atoms with E-state index in [9.17, 15) is 15.2 Å². The number of nitro groups is 1. The van der Waals surface area contributed by atoms with Crippen molar-refractivity contribution < 1.29 is 14.8 Å². The van der Waals surface area contributed by atoms with Crippen LogP contribution in [0.25, 0.3) is 0 Å². The normalized spacial score (nSPS) is 20.8. The lowest BCUT2D eigenvalue weighted by Crippen LogP contribution is -2.47. The van der Waals surface area contributed by atoms with Crippen molar-refractivity contribution in [3.63, 3.8) is 0 Å². The van der Waals surface area contributed by atoms with Gasteiger partial charge in [-0.2, -0.15) is 0 Å². The Hall–Kier alpha value is -1.25. The summed E-state index contributed by atoms with van der Waals surface area (Å²) in [6.45, 7) is 3.45. The molecule has 110 valence electrons. The zero-order chi connectivity index (χ0) is 14.7. The van der Waals surface area contributed by atoms with Crippen LogP contribution in [0.4, 0.5) is 11.5 Å². The van der Waals surface area contributed by atoms with Gasteiger partial charge in [0.15, 0.2) is 0 Å². The van der Waals surface area contributed by atoms with Gasteiger partial charge in [-0.05, 0) is 29.3 Å². The molecule has 0 aliphatic carbocycles. The van der Waals surface area contributed by atoms with Gasteiger partial charge in [0.25, 0.3) is 5.69 Å². The minimum atomic E-state index is -0.478. The van der Waals surface area contributed by atoms with Crippen molar-refractivity contribution in [3.8, 4) is 0 Å². The van der Waals surface area contributed by atoms with E-state index in [1.165, 1.54) is 12.3 Å². The molecule has 0 radical (unpaired) electrons. The topological polar surface area (TPSA) is 88.7 Å². The summed E-state index contributed by atoms with van der Waals surface area (Å²) in [5.41, 5.74) is -0.0547. The van der Waals surface area contributed by atoms with E-state index in [4.69, 9.17) is 4.74 Å². The van der Waals surface area contributed by atoms with E-state index < -0.39 is 11.0 Å². The number of aromatic nitrogens is 1. The maximum Gasteiger partial charge on any atom is 0.288 e. The molecule has 1 saturated heterocycles. The second-order valence-electron chi connectivity index (χ2n) is 4.76. The lowest BCUT2D eigenvalue weighted by Gasteiger charge is -2.37. The number of halogens is 1. The van der Waals surface area contributed by atoms with Gasteiger partial charge in [0.2, 0.25) is 0 Å². The molecule has 8 heteroatoms. The van der Waals surface area contributed by atoms with Crippen LogP contribution >= 0.6 is 15.9 Å².